The molecule has 0 radical (unpaired) electrons. The van der Waals surface area contributed by atoms with Gasteiger partial charge in [-0.25, -0.2) is 4.98 Å². The molecule has 2 aromatic heterocycles. The molecule has 3 aromatic rings. The number of oxazole rings is 1. The Morgan fingerprint density at radius 3 is 2.52 bits per heavy atom. The van der Waals surface area contributed by atoms with Crippen LogP contribution in [0.15, 0.2) is 52.1 Å². The molecule has 5 nitrogen and oxygen atoms in total. The molecule has 0 atom stereocenters. The summed E-state index contributed by atoms with van der Waals surface area (Å²) in [5.41, 5.74) is 3.03. The zero-order valence-electron chi connectivity index (χ0n) is 14.7. The Morgan fingerprint density at radius 1 is 1.08 bits per heavy atom. The molecule has 0 aliphatic rings. The molecule has 0 spiro atoms. The standard InChI is InChI=1S/C19H22N4OS/c1-13-4-7-15(8-5-13)18-23-16(12-24-18)10-21-19(20-3)22-11-17-9-6-14(2)25-17/h4-9,12H,10-11H2,1-3H3,(H2,20,21,22). The molecule has 0 aliphatic carbocycles. The third-order valence-corrected chi connectivity index (χ3v) is 4.74. The molecule has 0 fully saturated rings. The van der Waals surface area contributed by atoms with Crippen LogP contribution in [0.5, 0.6) is 0 Å². The van der Waals surface area contributed by atoms with Crippen LogP contribution in [0.3, 0.4) is 0 Å². The van der Waals surface area contributed by atoms with Gasteiger partial charge in [-0.1, -0.05) is 17.7 Å². The minimum absolute atomic E-state index is 0.554. The van der Waals surface area contributed by atoms with E-state index < -0.39 is 0 Å². The van der Waals surface area contributed by atoms with Crippen molar-refractivity contribution in [1.29, 1.82) is 0 Å². The van der Waals surface area contributed by atoms with E-state index in [1.807, 2.05) is 12.1 Å². The van der Waals surface area contributed by atoms with E-state index in [1.165, 1.54) is 15.3 Å². The fourth-order valence-electron chi connectivity index (χ4n) is 2.36. The first kappa shape index (κ1) is 17.2. The first-order chi connectivity index (χ1) is 12.1. The monoisotopic (exact) mass is 354 g/mol. The summed E-state index contributed by atoms with van der Waals surface area (Å²) in [6.45, 7) is 5.48. The highest BCUT2D eigenvalue weighted by atomic mass is 32.1. The number of aliphatic imine (C=N–C) groups is 1. The lowest BCUT2D eigenvalue weighted by molar-refractivity contribution is 0.572. The number of nitrogens with one attached hydrogen (secondary N) is 2. The lowest BCUT2D eigenvalue weighted by Gasteiger charge is -2.09. The Morgan fingerprint density at radius 2 is 1.84 bits per heavy atom. The third-order valence-electron chi connectivity index (χ3n) is 3.74. The highest BCUT2D eigenvalue weighted by Crippen LogP contribution is 2.19. The maximum absolute atomic E-state index is 5.58. The van der Waals surface area contributed by atoms with Gasteiger partial charge in [0.05, 0.1) is 18.8 Å². The highest BCUT2D eigenvalue weighted by molar-refractivity contribution is 7.11. The van der Waals surface area contributed by atoms with Crippen LogP contribution < -0.4 is 10.6 Å². The molecule has 130 valence electrons. The molecule has 0 aliphatic heterocycles. The molecule has 25 heavy (non-hydrogen) atoms. The zero-order valence-corrected chi connectivity index (χ0v) is 15.5. The summed E-state index contributed by atoms with van der Waals surface area (Å²) >= 11 is 1.78. The average molecular weight is 354 g/mol. The van der Waals surface area contributed by atoms with Crippen LogP contribution in [-0.2, 0) is 13.1 Å². The van der Waals surface area contributed by atoms with Crippen molar-refractivity contribution in [1.82, 2.24) is 15.6 Å². The summed E-state index contributed by atoms with van der Waals surface area (Å²) in [5, 5.41) is 6.56. The number of hydrogen-bond donors (Lipinski definition) is 2. The summed E-state index contributed by atoms with van der Waals surface area (Å²) in [7, 11) is 1.76. The Kier molecular flexibility index (Phi) is 5.50. The smallest absolute Gasteiger partial charge is 0.226 e. The Bertz CT molecular complexity index is 848. The van der Waals surface area contributed by atoms with Crippen LogP contribution >= 0.6 is 11.3 Å². The second-order valence-corrected chi connectivity index (χ2v) is 7.17. The van der Waals surface area contributed by atoms with Gasteiger partial charge in [-0.2, -0.15) is 0 Å². The van der Waals surface area contributed by atoms with Crippen LogP contribution in [0.1, 0.15) is 21.0 Å². The quantitative estimate of drug-likeness (QED) is 0.539. The van der Waals surface area contributed by atoms with Crippen molar-refractivity contribution in [2.75, 3.05) is 7.05 Å². The topological polar surface area (TPSA) is 62.5 Å². The number of rotatable bonds is 5. The van der Waals surface area contributed by atoms with Gasteiger partial charge in [0.1, 0.15) is 6.26 Å². The average Bonchev–Trinajstić information content (AvgIpc) is 3.25. The molecule has 0 saturated heterocycles. The number of thiophene rings is 1. The summed E-state index contributed by atoms with van der Waals surface area (Å²) in [6, 6.07) is 12.4. The van der Waals surface area contributed by atoms with Crippen LogP contribution in [0.4, 0.5) is 0 Å². The van der Waals surface area contributed by atoms with Gasteiger partial charge in [0.25, 0.3) is 0 Å². The van der Waals surface area contributed by atoms with Crippen molar-refractivity contribution < 1.29 is 4.42 Å². The minimum atomic E-state index is 0.554. The van der Waals surface area contributed by atoms with E-state index in [-0.39, 0.29) is 0 Å². The van der Waals surface area contributed by atoms with Crippen LogP contribution in [-0.4, -0.2) is 18.0 Å². The van der Waals surface area contributed by atoms with Crippen molar-refractivity contribution in [3.05, 3.63) is 63.7 Å². The maximum atomic E-state index is 5.58. The number of benzene rings is 1. The second-order valence-electron chi connectivity index (χ2n) is 5.80. The van der Waals surface area contributed by atoms with Crippen LogP contribution in [0.25, 0.3) is 11.5 Å². The Balaban J connectivity index is 1.54. The molecule has 6 heteroatoms. The SMILES string of the molecule is CN=C(NCc1coc(-c2ccc(C)cc2)n1)NCc1ccc(C)s1. The van der Waals surface area contributed by atoms with E-state index in [1.54, 1.807) is 24.6 Å². The van der Waals surface area contributed by atoms with Gasteiger partial charge < -0.3 is 15.1 Å². The predicted molar refractivity (Wildman–Crippen MR) is 103 cm³/mol. The highest BCUT2D eigenvalue weighted by Gasteiger charge is 2.07. The summed E-state index contributed by atoms with van der Waals surface area (Å²) < 4.78 is 5.58. The van der Waals surface area contributed by atoms with Gasteiger partial charge in [-0.3, -0.25) is 4.99 Å². The molecule has 1 aromatic carbocycles. The number of guanidine groups is 1. The molecule has 0 saturated carbocycles. The Labute approximate surface area is 151 Å². The second kappa shape index (κ2) is 7.98. The molecule has 3 rings (SSSR count). The fraction of sp³-hybridized carbons (Fsp3) is 0.263. The molecule has 0 amide bonds. The maximum Gasteiger partial charge on any atom is 0.226 e. The minimum Gasteiger partial charge on any atom is -0.444 e. The first-order valence-corrected chi connectivity index (χ1v) is 8.97. The van der Waals surface area contributed by atoms with Gasteiger partial charge in [0.2, 0.25) is 5.89 Å². The van der Waals surface area contributed by atoms with E-state index in [0.717, 1.165) is 23.8 Å². The predicted octanol–water partition coefficient (Wildman–Crippen LogP) is 3.89. The summed E-state index contributed by atoms with van der Waals surface area (Å²) in [4.78, 5) is 11.4. The van der Waals surface area contributed by atoms with Gasteiger partial charge in [-0.15, -0.1) is 11.3 Å². The van der Waals surface area contributed by atoms with Crippen molar-refractivity contribution in [3.63, 3.8) is 0 Å². The number of aromatic nitrogens is 1. The van der Waals surface area contributed by atoms with Gasteiger partial charge in [0.15, 0.2) is 5.96 Å². The fourth-order valence-corrected chi connectivity index (χ4v) is 3.19. The van der Waals surface area contributed by atoms with Crippen molar-refractivity contribution in [2.24, 2.45) is 4.99 Å². The van der Waals surface area contributed by atoms with E-state index in [0.29, 0.717) is 12.4 Å². The molecule has 2 N–H and O–H groups in total. The molecule has 0 unspecified atom stereocenters. The van der Waals surface area contributed by atoms with E-state index in [2.05, 4.69) is 58.7 Å². The molecular weight excluding hydrogens is 332 g/mol. The van der Waals surface area contributed by atoms with Crippen molar-refractivity contribution in [2.45, 2.75) is 26.9 Å². The molecular formula is C19H22N4OS. The van der Waals surface area contributed by atoms with Crippen LogP contribution in [0, 0.1) is 13.8 Å². The third kappa shape index (κ3) is 4.70. The van der Waals surface area contributed by atoms with Crippen molar-refractivity contribution in [3.8, 4) is 11.5 Å². The first-order valence-electron chi connectivity index (χ1n) is 8.15. The van der Waals surface area contributed by atoms with E-state index in [9.17, 15) is 0 Å². The normalized spacial score (nSPS) is 11.6. The molecule has 2 heterocycles. The summed E-state index contributed by atoms with van der Waals surface area (Å²) in [5.74, 6) is 1.37. The van der Waals surface area contributed by atoms with Gasteiger partial charge in [-0.05, 0) is 38.1 Å². The number of hydrogen-bond acceptors (Lipinski definition) is 4. The summed E-state index contributed by atoms with van der Waals surface area (Å²) in [6.07, 6.45) is 1.68. The van der Waals surface area contributed by atoms with Gasteiger partial charge in [0, 0.05) is 22.4 Å². The molecule has 0 bridgehead atoms. The van der Waals surface area contributed by atoms with Crippen molar-refractivity contribution >= 4 is 17.3 Å². The number of nitrogens with zero attached hydrogens (tertiary/aromatic N) is 2. The van der Waals surface area contributed by atoms with E-state index >= 15 is 0 Å². The number of aryl methyl sites for hydroxylation is 2. The van der Waals surface area contributed by atoms with E-state index in [4.69, 9.17) is 4.42 Å². The lowest BCUT2D eigenvalue weighted by Crippen LogP contribution is -2.36. The lowest BCUT2D eigenvalue weighted by atomic mass is 10.1. The van der Waals surface area contributed by atoms with Gasteiger partial charge >= 0.3 is 0 Å². The zero-order chi connectivity index (χ0) is 17.6. The Hall–Kier alpha value is -2.60. The van der Waals surface area contributed by atoms with Crippen LogP contribution in [0.2, 0.25) is 0 Å². The largest absolute Gasteiger partial charge is 0.444 e.